The highest BCUT2D eigenvalue weighted by atomic mass is 16.5. The number of aromatic nitrogens is 3. The predicted octanol–water partition coefficient (Wildman–Crippen LogP) is 2.71. The fourth-order valence-corrected chi connectivity index (χ4v) is 7.90. The number of carbonyl (C=O) groups is 3. The Balaban J connectivity index is 1.25. The third-order valence-electron chi connectivity index (χ3n) is 9.98. The number of hydrogen-bond donors (Lipinski definition) is 3. The van der Waals surface area contributed by atoms with Gasteiger partial charge in [0.1, 0.15) is 23.8 Å². The van der Waals surface area contributed by atoms with Crippen LogP contribution in [0.3, 0.4) is 0 Å². The van der Waals surface area contributed by atoms with Crippen molar-refractivity contribution < 1.29 is 24.2 Å². The summed E-state index contributed by atoms with van der Waals surface area (Å²) in [7, 11) is 0. The third kappa shape index (κ3) is 4.60. The van der Waals surface area contributed by atoms with Gasteiger partial charge in [0.2, 0.25) is 17.7 Å². The van der Waals surface area contributed by atoms with Crippen molar-refractivity contribution in [3.8, 4) is 0 Å². The first-order chi connectivity index (χ1) is 21.9. The van der Waals surface area contributed by atoms with Crippen LogP contribution in [-0.4, -0.2) is 66.6 Å². The summed E-state index contributed by atoms with van der Waals surface area (Å²) in [5, 5.41) is 25.1. The molecule has 11 nitrogen and oxygen atoms in total. The van der Waals surface area contributed by atoms with Gasteiger partial charge in [-0.3, -0.25) is 14.4 Å². The van der Waals surface area contributed by atoms with Gasteiger partial charge in [-0.15, -0.1) is 5.10 Å². The summed E-state index contributed by atoms with van der Waals surface area (Å²) >= 11 is 0. The number of aliphatic hydroxyl groups is 1. The Bertz CT molecular complexity index is 1730. The fourth-order valence-electron chi connectivity index (χ4n) is 7.90. The van der Waals surface area contributed by atoms with Gasteiger partial charge in [-0.25, -0.2) is 4.68 Å². The highest BCUT2D eigenvalue weighted by Crippen LogP contribution is 2.65. The van der Waals surface area contributed by atoms with Crippen LogP contribution in [0, 0.1) is 11.8 Å². The van der Waals surface area contributed by atoms with E-state index in [1.807, 2.05) is 91.9 Å². The summed E-state index contributed by atoms with van der Waals surface area (Å²) in [6.07, 6.45) is 1.49. The molecule has 3 aliphatic heterocycles. The molecule has 2 unspecified atom stereocenters. The molecule has 7 rings (SSSR count). The number of fused-ring (bicyclic) bond motifs is 2. The zero-order chi connectivity index (χ0) is 31.2. The number of nitrogens with zero attached hydrogens (tertiary/aromatic N) is 4. The molecular weight excluding hydrogens is 572 g/mol. The van der Waals surface area contributed by atoms with Crippen LogP contribution in [0.5, 0.6) is 0 Å². The van der Waals surface area contributed by atoms with Crippen molar-refractivity contribution in [2.75, 3.05) is 6.61 Å². The summed E-state index contributed by atoms with van der Waals surface area (Å²) in [5.74, 6) is -2.74. The quantitative estimate of drug-likeness (QED) is 0.252. The molecule has 0 aliphatic carbocycles. The Morgan fingerprint density at radius 3 is 2.42 bits per heavy atom. The van der Waals surface area contributed by atoms with Gasteiger partial charge in [-0.2, -0.15) is 0 Å². The largest absolute Gasteiger partial charge is 0.394 e. The van der Waals surface area contributed by atoms with Crippen molar-refractivity contribution >= 4 is 28.8 Å². The molecule has 3 fully saturated rings. The molecule has 3 aliphatic rings. The van der Waals surface area contributed by atoms with Crippen LogP contribution in [-0.2, 0) is 32.3 Å². The SMILES string of the molecule is CC[C@]12CCC3(O1)C(C(=O)NCn1nnc4ccccc41)N([C@H](CO)c1ccccc1)C(=O)[C@@H]3[C@H]2C(=O)NCc1ccccc1. The molecule has 3 amide bonds. The second kappa shape index (κ2) is 11.4. The predicted molar refractivity (Wildman–Crippen MR) is 164 cm³/mol. The van der Waals surface area contributed by atoms with Crippen LogP contribution in [0.15, 0.2) is 84.9 Å². The molecule has 6 atom stereocenters. The molecule has 1 aromatic heterocycles. The summed E-state index contributed by atoms with van der Waals surface area (Å²) < 4.78 is 8.47. The summed E-state index contributed by atoms with van der Waals surface area (Å²) in [4.78, 5) is 44.5. The Kier molecular flexibility index (Phi) is 7.37. The molecule has 3 N–H and O–H groups in total. The molecular formula is C34H36N6O5. The van der Waals surface area contributed by atoms with E-state index in [0.29, 0.717) is 36.9 Å². The first-order valence-corrected chi connectivity index (χ1v) is 15.5. The minimum Gasteiger partial charge on any atom is -0.394 e. The van der Waals surface area contributed by atoms with Gasteiger partial charge < -0.3 is 25.4 Å². The van der Waals surface area contributed by atoms with E-state index in [-0.39, 0.29) is 18.5 Å². The van der Waals surface area contributed by atoms with Crippen molar-refractivity contribution in [2.45, 2.75) is 62.7 Å². The molecule has 3 aromatic carbocycles. The molecule has 0 radical (unpaired) electrons. The van der Waals surface area contributed by atoms with Gasteiger partial charge >= 0.3 is 0 Å². The lowest BCUT2D eigenvalue weighted by Crippen LogP contribution is -2.56. The second-order valence-corrected chi connectivity index (χ2v) is 12.2. The number of para-hydroxylation sites is 1. The molecule has 4 aromatic rings. The number of nitrogens with one attached hydrogen (secondary N) is 2. The number of benzene rings is 3. The smallest absolute Gasteiger partial charge is 0.247 e. The highest BCUT2D eigenvalue weighted by molar-refractivity contribution is 5.99. The highest BCUT2D eigenvalue weighted by Gasteiger charge is 2.79. The van der Waals surface area contributed by atoms with Gasteiger partial charge in [0.05, 0.1) is 35.6 Å². The number of carbonyl (C=O) groups excluding carboxylic acids is 3. The maximum absolute atomic E-state index is 14.7. The van der Waals surface area contributed by atoms with E-state index >= 15 is 0 Å². The van der Waals surface area contributed by atoms with Gasteiger partial charge in [0.25, 0.3) is 0 Å². The van der Waals surface area contributed by atoms with E-state index in [2.05, 4.69) is 20.9 Å². The Morgan fingerprint density at radius 1 is 0.978 bits per heavy atom. The summed E-state index contributed by atoms with van der Waals surface area (Å²) in [6.45, 7) is 1.89. The second-order valence-electron chi connectivity index (χ2n) is 12.2. The Morgan fingerprint density at radius 2 is 1.69 bits per heavy atom. The molecule has 0 saturated carbocycles. The van der Waals surface area contributed by atoms with E-state index in [4.69, 9.17) is 4.74 Å². The molecule has 2 bridgehead atoms. The van der Waals surface area contributed by atoms with Crippen LogP contribution in [0.2, 0.25) is 0 Å². The number of rotatable bonds is 10. The molecule has 3 saturated heterocycles. The van der Waals surface area contributed by atoms with E-state index in [1.54, 1.807) is 4.68 Å². The lowest BCUT2D eigenvalue weighted by Gasteiger charge is -2.37. The molecule has 4 heterocycles. The zero-order valence-electron chi connectivity index (χ0n) is 25.0. The number of aliphatic hydroxyl groups excluding tert-OH is 1. The Labute approximate surface area is 260 Å². The first-order valence-electron chi connectivity index (χ1n) is 15.5. The van der Waals surface area contributed by atoms with Crippen molar-refractivity contribution in [2.24, 2.45) is 11.8 Å². The minimum absolute atomic E-state index is 0.0215. The first kappa shape index (κ1) is 29.1. The van der Waals surface area contributed by atoms with Crippen molar-refractivity contribution in [3.05, 3.63) is 96.1 Å². The van der Waals surface area contributed by atoms with Crippen molar-refractivity contribution in [1.29, 1.82) is 0 Å². The third-order valence-corrected chi connectivity index (χ3v) is 9.98. The normalized spacial score (nSPS) is 27.5. The average molecular weight is 609 g/mol. The van der Waals surface area contributed by atoms with Crippen LogP contribution in [0.4, 0.5) is 0 Å². The Hall–Kier alpha value is -4.61. The number of likely N-dealkylation sites (tertiary alicyclic amines) is 1. The molecule has 11 heteroatoms. The van der Waals surface area contributed by atoms with E-state index < -0.39 is 47.6 Å². The fraction of sp³-hybridized carbons (Fsp3) is 0.382. The van der Waals surface area contributed by atoms with Gasteiger partial charge in [-0.1, -0.05) is 84.9 Å². The van der Waals surface area contributed by atoms with Gasteiger partial charge in [0.15, 0.2) is 0 Å². The number of hydrogen-bond acceptors (Lipinski definition) is 7. The van der Waals surface area contributed by atoms with E-state index in [1.165, 1.54) is 4.90 Å². The van der Waals surface area contributed by atoms with E-state index in [9.17, 15) is 19.5 Å². The molecule has 45 heavy (non-hydrogen) atoms. The van der Waals surface area contributed by atoms with Crippen LogP contribution in [0.1, 0.15) is 43.4 Å². The standard InChI is InChI=1S/C34H36N6O5/c1-2-33-17-18-34(45-33)28(27(33)30(42)35-19-22-11-5-3-6-12-22)32(44)40(26(20-41)23-13-7-4-8-14-23)29(34)31(43)36-21-39-25-16-10-9-15-24(25)37-38-39/h3-16,26-29,41H,2,17-21H2,1H3,(H,35,42)(H,36,43)/t26-,27+,28+,29?,33-,34?/m1/s1. The average Bonchev–Trinajstić information content (AvgIpc) is 3.81. The van der Waals surface area contributed by atoms with Gasteiger partial charge in [-0.05, 0) is 42.5 Å². The topological polar surface area (TPSA) is 139 Å². The minimum atomic E-state index is -1.24. The lowest BCUT2D eigenvalue weighted by molar-refractivity contribution is -0.151. The van der Waals surface area contributed by atoms with E-state index in [0.717, 1.165) is 11.1 Å². The van der Waals surface area contributed by atoms with Crippen LogP contribution in [0.25, 0.3) is 11.0 Å². The van der Waals surface area contributed by atoms with Crippen LogP contribution < -0.4 is 10.6 Å². The maximum atomic E-state index is 14.7. The number of ether oxygens (including phenoxy) is 1. The van der Waals surface area contributed by atoms with Crippen molar-refractivity contribution in [1.82, 2.24) is 30.5 Å². The monoisotopic (exact) mass is 608 g/mol. The molecule has 1 spiro atoms. The maximum Gasteiger partial charge on any atom is 0.247 e. The summed E-state index contributed by atoms with van der Waals surface area (Å²) in [6, 6.07) is 24.3. The number of amides is 3. The lowest BCUT2D eigenvalue weighted by atomic mass is 9.65. The molecule has 232 valence electrons. The zero-order valence-corrected chi connectivity index (χ0v) is 25.0. The van der Waals surface area contributed by atoms with Crippen LogP contribution >= 0.6 is 0 Å². The van der Waals surface area contributed by atoms with Crippen molar-refractivity contribution in [3.63, 3.8) is 0 Å². The van der Waals surface area contributed by atoms with Gasteiger partial charge in [0, 0.05) is 6.54 Å². The summed E-state index contributed by atoms with van der Waals surface area (Å²) in [5.41, 5.74) is 0.961.